The Morgan fingerprint density at radius 3 is 2.53 bits per heavy atom. The molecule has 0 fully saturated rings. The summed E-state index contributed by atoms with van der Waals surface area (Å²) in [5.41, 5.74) is 3.08. The summed E-state index contributed by atoms with van der Waals surface area (Å²) in [5.74, 6) is 0. The first kappa shape index (κ1) is 11.6. The minimum absolute atomic E-state index is 0.245. The second-order valence-electron chi connectivity index (χ2n) is 5.00. The zero-order valence-electron chi connectivity index (χ0n) is 9.89. The molecule has 0 bridgehead atoms. The van der Waals surface area contributed by atoms with Crippen molar-refractivity contribution in [1.82, 2.24) is 0 Å². The van der Waals surface area contributed by atoms with E-state index in [-0.39, 0.29) is 5.41 Å². The van der Waals surface area contributed by atoms with Gasteiger partial charge in [-0.1, -0.05) is 26.8 Å². The van der Waals surface area contributed by atoms with Crippen LogP contribution in [0.4, 0.5) is 5.69 Å². The van der Waals surface area contributed by atoms with Crippen molar-refractivity contribution in [3.8, 4) is 6.07 Å². The van der Waals surface area contributed by atoms with Gasteiger partial charge in [-0.05, 0) is 30.0 Å². The molecule has 1 aromatic rings. The normalized spacial score (nSPS) is 10.9. The van der Waals surface area contributed by atoms with Crippen molar-refractivity contribution >= 4 is 5.69 Å². The van der Waals surface area contributed by atoms with Crippen LogP contribution >= 0.6 is 0 Å². The number of hydrogen-bond acceptors (Lipinski definition) is 2. The van der Waals surface area contributed by atoms with Gasteiger partial charge in [0.05, 0.1) is 11.6 Å². The van der Waals surface area contributed by atoms with Crippen molar-refractivity contribution in [3.05, 3.63) is 29.3 Å². The van der Waals surface area contributed by atoms with E-state index in [1.165, 1.54) is 0 Å². The van der Waals surface area contributed by atoms with Gasteiger partial charge in [-0.2, -0.15) is 5.26 Å². The van der Waals surface area contributed by atoms with Gasteiger partial charge in [0, 0.05) is 12.2 Å². The summed E-state index contributed by atoms with van der Waals surface area (Å²) in [6, 6.07) is 7.97. The molecule has 1 rings (SSSR count). The lowest BCUT2D eigenvalue weighted by molar-refractivity contribution is 0.443. The molecule has 2 heteroatoms. The van der Waals surface area contributed by atoms with Gasteiger partial charge >= 0.3 is 0 Å². The Bertz CT molecular complexity index is 381. The van der Waals surface area contributed by atoms with E-state index in [0.29, 0.717) is 0 Å². The van der Waals surface area contributed by atoms with Crippen LogP contribution in [0, 0.1) is 23.7 Å². The third-order valence-corrected chi connectivity index (χ3v) is 2.26. The molecule has 15 heavy (non-hydrogen) atoms. The quantitative estimate of drug-likeness (QED) is 0.798. The van der Waals surface area contributed by atoms with Crippen LogP contribution in [0.3, 0.4) is 0 Å². The number of nitrogens with zero attached hydrogens (tertiary/aromatic N) is 1. The van der Waals surface area contributed by atoms with Crippen molar-refractivity contribution in [1.29, 1.82) is 5.26 Å². The van der Waals surface area contributed by atoms with Gasteiger partial charge in [-0.25, -0.2) is 0 Å². The van der Waals surface area contributed by atoms with Crippen molar-refractivity contribution in [2.75, 3.05) is 11.9 Å². The smallest absolute Gasteiger partial charge is 0.0995 e. The van der Waals surface area contributed by atoms with E-state index in [0.717, 1.165) is 23.4 Å². The molecule has 0 unspecified atom stereocenters. The second kappa shape index (κ2) is 4.35. The van der Waals surface area contributed by atoms with E-state index in [9.17, 15) is 0 Å². The molecule has 0 heterocycles. The predicted octanol–water partition coefficient (Wildman–Crippen LogP) is 3.32. The van der Waals surface area contributed by atoms with Crippen LogP contribution in [0.25, 0.3) is 0 Å². The highest BCUT2D eigenvalue weighted by Gasteiger charge is 2.10. The minimum atomic E-state index is 0.245. The molecule has 1 N–H and O–H groups in total. The first-order chi connectivity index (χ1) is 6.94. The largest absolute Gasteiger partial charge is 0.384 e. The Kier molecular flexibility index (Phi) is 3.36. The summed E-state index contributed by atoms with van der Waals surface area (Å²) >= 11 is 0. The summed E-state index contributed by atoms with van der Waals surface area (Å²) in [4.78, 5) is 0. The van der Waals surface area contributed by atoms with E-state index in [4.69, 9.17) is 5.26 Å². The van der Waals surface area contributed by atoms with Crippen molar-refractivity contribution in [2.24, 2.45) is 5.41 Å². The maximum Gasteiger partial charge on any atom is 0.0995 e. The summed E-state index contributed by atoms with van der Waals surface area (Å²) in [6.45, 7) is 9.43. The molecule has 1 aromatic carbocycles. The fourth-order valence-electron chi connectivity index (χ4n) is 1.31. The molecule has 0 aliphatic rings. The molecule has 0 radical (unpaired) electrons. The van der Waals surface area contributed by atoms with E-state index in [1.54, 1.807) is 0 Å². The van der Waals surface area contributed by atoms with Gasteiger partial charge in [-0.15, -0.1) is 0 Å². The molecule has 2 nitrogen and oxygen atoms in total. The third-order valence-electron chi connectivity index (χ3n) is 2.26. The number of nitrogens with one attached hydrogen (secondary N) is 1. The molecular formula is C13H18N2. The van der Waals surface area contributed by atoms with Crippen LogP contribution in [0.15, 0.2) is 18.2 Å². The average Bonchev–Trinajstić information content (AvgIpc) is 2.15. The Labute approximate surface area is 91.9 Å². The molecule has 0 saturated heterocycles. The lowest BCUT2D eigenvalue weighted by Crippen LogP contribution is -2.19. The Hall–Kier alpha value is -1.49. The van der Waals surface area contributed by atoms with E-state index >= 15 is 0 Å². The highest BCUT2D eigenvalue weighted by molar-refractivity contribution is 5.57. The van der Waals surface area contributed by atoms with Crippen LogP contribution in [0.2, 0.25) is 0 Å². The number of nitriles is 1. The molecule has 0 aliphatic heterocycles. The lowest BCUT2D eigenvalue weighted by atomic mass is 9.96. The molecule has 0 spiro atoms. The van der Waals surface area contributed by atoms with Crippen molar-refractivity contribution < 1.29 is 0 Å². The number of hydrogen-bond donors (Lipinski definition) is 1. The van der Waals surface area contributed by atoms with Crippen LogP contribution in [-0.4, -0.2) is 6.54 Å². The minimum Gasteiger partial charge on any atom is -0.384 e. The molecule has 0 saturated carbocycles. The first-order valence-corrected chi connectivity index (χ1v) is 5.17. The Morgan fingerprint density at radius 2 is 2.00 bits per heavy atom. The van der Waals surface area contributed by atoms with Gasteiger partial charge in [0.15, 0.2) is 0 Å². The number of benzene rings is 1. The number of anilines is 1. The average molecular weight is 202 g/mol. The van der Waals surface area contributed by atoms with E-state index < -0.39 is 0 Å². The second-order valence-corrected chi connectivity index (χ2v) is 5.00. The van der Waals surface area contributed by atoms with Crippen molar-refractivity contribution in [3.63, 3.8) is 0 Å². The van der Waals surface area contributed by atoms with Crippen LogP contribution in [0.5, 0.6) is 0 Å². The monoisotopic (exact) mass is 202 g/mol. The van der Waals surface area contributed by atoms with Crippen LogP contribution < -0.4 is 5.32 Å². The Morgan fingerprint density at radius 1 is 1.33 bits per heavy atom. The van der Waals surface area contributed by atoms with E-state index in [1.807, 2.05) is 25.1 Å². The standard InChI is InChI=1S/C13H18N2/c1-10-11(8-14)6-5-7-12(10)15-9-13(2,3)4/h5-7,15H,9H2,1-4H3. The van der Waals surface area contributed by atoms with Gasteiger partial charge < -0.3 is 5.32 Å². The summed E-state index contributed by atoms with van der Waals surface area (Å²) in [6.07, 6.45) is 0. The molecular weight excluding hydrogens is 184 g/mol. The van der Waals surface area contributed by atoms with Crippen LogP contribution in [-0.2, 0) is 0 Å². The maximum absolute atomic E-state index is 8.89. The number of rotatable bonds is 2. The predicted molar refractivity (Wildman–Crippen MR) is 63.8 cm³/mol. The zero-order valence-corrected chi connectivity index (χ0v) is 9.89. The lowest BCUT2D eigenvalue weighted by Gasteiger charge is -2.20. The van der Waals surface area contributed by atoms with Gasteiger partial charge in [0.25, 0.3) is 0 Å². The fourth-order valence-corrected chi connectivity index (χ4v) is 1.31. The van der Waals surface area contributed by atoms with Crippen LogP contribution in [0.1, 0.15) is 31.9 Å². The van der Waals surface area contributed by atoms with E-state index in [2.05, 4.69) is 32.2 Å². The highest BCUT2D eigenvalue weighted by atomic mass is 14.9. The molecule has 0 aliphatic carbocycles. The topological polar surface area (TPSA) is 35.8 Å². The van der Waals surface area contributed by atoms with Crippen molar-refractivity contribution in [2.45, 2.75) is 27.7 Å². The highest BCUT2D eigenvalue weighted by Crippen LogP contribution is 2.20. The summed E-state index contributed by atoms with van der Waals surface area (Å²) in [7, 11) is 0. The SMILES string of the molecule is Cc1c(C#N)cccc1NCC(C)(C)C. The Balaban J connectivity index is 2.83. The fraction of sp³-hybridized carbons (Fsp3) is 0.462. The van der Waals surface area contributed by atoms with Gasteiger partial charge in [0.1, 0.15) is 0 Å². The molecule has 0 amide bonds. The maximum atomic E-state index is 8.89. The third kappa shape index (κ3) is 3.28. The van der Waals surface area contributed by atoms with Gasteiger partial charge in [0.2, 0.25) is 0 Å². The zero-order chi connectivity index (χ0) is 11.5. The summed E-state index contributed by atoms with van der Waals surface area (Å²) in [5, 5.41) is 12.3. The van der Waals surface area contributed by atoms with Gasteiger partial charge in [-0.3, -0.25) is 0 Å². The molecule has 0 atom stereocenters. The molecule has 80 valence electrons. The molecule has 0 aromatic heterocycles. The first-order valence-electron chi connectivity index (χ1n) is 5.17. The summed E-state index contributed by atoms with van der Waals surface area (Å²) < 4.78 is 0.